The Kier molecular flexibility index (Phi) is 16.7. The van der Waals surface area contributed by atoms with Crippen LogP contribution in [0.5, 0.6) is 5.75 Å². The molecule has 2 atom stereocenters. The Morgan fingerprint density at radius 3 is 2.02 bits per heavy atom. The quantitative estimate of drug-likeness (QED) is 0.0370. The average molecular weight is 805 g/mol. The van der Waals surface area contributed by atoms with E-state index in [0.29, 0.717) is 31.0 Å². The molecule has 2 unspecified atom stereocenters. The molecule has 0 radical (unpaired) electrons. The van der Waals surface area contributed by atoms with Gasteiger partial charge in [-0.15, -0.1) is 0 Å². The molecule has 1 saturated heterocycles. The van der Waals surface area contributed by atoms with Gasteiger partial charge in [0.05, 0.1) is 11.8 Å². The molecule has 2 amide bonds. The lowest BCUT2D eigenvalue weighted by molar-refractivity contribution is -0.123. The Labute approximate surface area is 349 Å². The zero-order valence-electron chi connectivity index (χ0n) is 35.7. The number of anilines is 1. The van der Waals surface area contributed by atoms with Crippen molar-refractivity contribution in [3.05, 3.63) is 131 Å². The van der Waals surface area contributed by atoms with Gasteiger partial charge in [-0.05, 0) is 97.3 Å². The molecule has 0 aliphatic carbocycles. The van der Waals surface area contributed by atoms with Crippen LogP contribution >= 0.6 is 0 Å². The summed E-state index contributed by atoms with van der Waals surface area (Å²) in [6.07, 6.45) is 9.96. The summed E-state index contributed by atoms with van der Waals surface area (Å²) in [7, 11) is -2.09. The lowest BCUT2D eigenvalue weighted by Crippen LogP contribution is -2.49. The third-order valence-electron chi connectivity index (χ3n) is 12.5. The van der Waals surface area contributed by atoms with E-state index in [0.717, 1.165) is 61.3 Å². The third-order valence-corrected chi connectivity index (χ3v) is 16.9. The molecule has 9 heteroatoms. The Morgan fingerprint density at radius 2 is 1.43 bits per heavy atom. The van der Waals surface area contributed by atoms with Crippen molar-refractivity contribution >= 4 is 26.3 Å². The average Bonchev–Trinajstić information content (AvgIpc) is 3.69. The van der Waals surface area contributed by atoms with Gasteiger partial charge in [0.25, 0.3) is 0 Å². The number of carbonyl (C=O) groups excluding carboxylic acids is 2. The van der Waals surface area contributed by atoms with E-state index in [9.17, 15) is 9.59 Å². The largest absolute Gasteiger partial charge is 0.487 e. The van der Waals surface area contributed by atoms with E-state index in [1.165, 1.54) is 38.5 Å². The minimum Gasteiger partial charge on any atom is -0.487 e. The predicted molar refractivity (Wildman–Crippen MR) is 241 cm³/mol. The maximum atomic E-state index is 13.4. The van der Waals surface area contributed by atoms with Gasteiger partial charge in [-0.3, -0.25) is 9.59 Å². The van der Waals surface area contributed by atoms with Gasteiger partial charge >= 0.3 is 0 Å². The standard InChI is InChI=1S/C49H68N4O4Si/c1-48(2,3)58(4,5)57-46(40-28-29-45(44(34-40)52-38-54)56-37-39-22-14-11-15-23-39)35-51-31-20-9-7-6-8-10-21-32-53-33-30-43(36-53)49(47(50)55,41-24-16-12-17-25-41)42-26-18-13-19-27-42/h11-19,22-29,34,38,43,46,51H,6-10,20-21,30-33,35-37H2,1-5H3,(H2,50,55)(H,52,54). The maximum absolute atomic E-state index is 13.4. The zero-order chi connectivity index (χ0) is 41.4. The number of hydrogen-bond acceptors (Lipinski definition) is 6. The van der Waals surface area contributed by atoms with Crippen molar-refractivity contribution in [1.29, 1.82) is 0 Å². The van der Waals surface area contributed by atoms with E-state index in [1.54, 1.807) is 0 Å². The van der Waals surface area contributed by atoms with Crippen LogP contribution in [0.4, 0.5) is 5.69 Å². The Balaban J connectivity index is 1.04. The lowest BCUT2D eigenvalue weighted by Gasteiger charge is -2.39. The van der Waals surface area contributed by atoms with Crippen LogP contribution in [0.3, 0.4) is 0 Å². The predicted octanol–water partition coefficient (Wildman–Crippen LogP) is 10.0. The highest BCUT2D eigenvalue weighted by Crippen LogP contribution is 2.44. The number of primary amides is 1. The van der Waals surface area contributed by atoms with Gasteiger partial charge in [0, 0.05) is 13.1 Å². The molecule has 0 bridgehead atoms. The molecule has 0 saturated carbocycles. The molecule has 8 nitrogen and oxygen atoms in total. The highest BCUT2D eigenvalue weighted by molar-refractivity contribution is 6.74. The van der Waals surface area contributed by atoms with Gasteiger partial charge in [-0.2, -0.15) is 0 Å². The fourth-order valence-corrected chi connectivity index (χ4v) is 9.45. The van der Waals surface area contributed by atoms with Crippen LogP contribution in [-0.4, -0.2) is 58.3 Å². The van der Waals surface area contributed by atoms with Gasteiger partial charge in [0.15, 0.2) is 8.32 Å². The smallest absolute Gasteiger partial charge is 0.232 e. The van der Waals surface area contributed by atoms with E-state index < -0.39 is 13.7 Å². The SMILES string of the molecule is CC(C)(C)[Si](C)(C)OC(CNCCCCCCCCCN1CCC(C(C(N)=O)(c2ccccc2)c2ccccc2)C1)c1ccc(OCc2ccccc2)c(NC=O)c1. The molecule has 312 valence electrons. The van der Waals surface area contributed by atoms with Crippen molar-refractivity contribution in [3.63, 3.8) is 0 Å². The molecule has 1 fully saturated rings. The van der Waals surface area contributed by atoms with Gasteiger partial charge in [0.1, 0.15) is 17.8 Å². The first-order chi connectivity index (χ1) is 28.0. The van der Waals surface area contributed by atoms with Crippen molar-refractivity contribution in [2.24, 2.45) is 11.7 Å². The summed E-state index contributed by atoms with van der Waals surface area (Å²) in [5.74, 6) is 0.515. The number of unbranched alkanes of at least 4 members (excludes halogenated alkanes) is 6. The van der Waals surface area contributed by atoms with Gasteiger partial charge in [-0.1, -0.05) is 150 Å². The first-order valence-electron chi connectivity index (χ1n) is 21.5. The maximum Gasteiger partial charge on any atom is 0.232 e. The third kappa shape index (κ3) is 11.9. The molecule has 1 aliphatic rings. The van der Waals surface area contributed by atoms with E-state index in [4.69, 9.17) is 14.9 Å². The minimum atomic E-state index is -2.09. The van der Waals surface area contributed by atoms with Gasteiger partial charge < -0.3 is 30.4 Å². The van der Waals surface area contributed by atoms with Gasteiger partial charge in [0.2, 0.25) is 12.3 Å². The number of ether oxygens (including phenoxy) is 1. The Morgan fingerprint density at radius 1 is 0.845 bits per heavy atom. The molecule has 58 heavy (non-hydrogen) atoms. The van der Waals surface area contributed by atoms with Crippen molar-refractivity contribution in [1.82, 2.24) is 10.2 Å². The van der Waals surface area contributed by atoms with E-state index in [2.05, 4.69) is 79.7 Å². The van der Waals surface area contributed by atoms with Crippen LogP contribution in [0.15, 0.2) is 109 Å². The number of nitrogens with zero attached hydrogens (tertiary/aromatic N) is 1. The van der Waals surface area contributed by atoms with Crippen LogP contribution in [0.25, 0.3) is 0 Å². The van der Waals surface area contributed by atoms with Crippen LogP contribution in [0, 0.1) is 5.92 Å². The molecular weight excluding hydrogens is 737 g/mol. The lowest BCUT2D eigenvalue weighted by atomic mass is 9.64. The molecule has 4 aromatic rings. The van der Waals surface area contributed by atoms with Gasteiger partial charge in [-0.25, -0.2) is 0 Å². The topological polar surface area (TPSA) is 106 Å². The molecule has 1 heterocycles. The summed E-state index contributed by atoms with van der Waals surface area (Å²) >= 11 is 0. The number of hydrogen-bond donors (Lipinski definition) is 3. The first-order valence-corrected chi connectivity index (χ1v) is 24.4. The normalized spacial score (nSPS) is 15.6. The summed E-state index contributed by atoms with van der Waals surface area (Å²) < 4.78 is 13.1. The Bertz CT molecular complexity index is 1790. The number of benzene rings is 4. The minimum absolute atomic E-state index is 0.0618. The highest BCUT2D eigenvalue weighted by atomic mass is 28.4. The fourth-order valence-electron chi connectivity index (χ4n) is 8.16. The van der Waals surface area contributed by atoms with E-state index in [-0.39, 0.29) is 23.0 Å². The van der Waals surface area contributed by atoms with Crippen LogP contribution < -0.4 is 21.1 Å². The fraction of sp³-hybridized carbons (Fsp3) is 0.469. The summed E-state index contributed by atoms with van der Waals surface area (Å²) in [4.78, 5) is 27.5. The summed E-state index contributed by atoms with van der Waals surface area (Å²) in [5, 5.41) is 6.62. The molecule has 1 aliphatic heterocycles. The van der Waals surface area contributed by atoms with Crippen molar-refractivity contribution in [2.75, 3.05) is 38.0 Å². The summed E-state index contributed by atoms with van der Waals surface area (Å²) in [5.41, 5.74) is 10.2. The number of nitrogens with one attached hydrogen (secondary N) is 2. The van der Waals surface area contributed by atoms with Crippen molar-refractivity contribution in [3.8, 4) is 5.75 Å². The van der Waals surface area contributed by atoms with Crippen LogP contribution in [-0.2, 0) is 26.0 Å². The van der Waals surface area contributed by atoms with E-state index >= 15 is 0 Å². The summed E-state index contributed by atoms with van der Waals surface area (Å²) in [6, 6.07) is 36.3. The number of carbonyl (C=O) groups is 2. The van der Waals surface area contributed by atoms with Crippen LogP contribution in [0.2, 0.25) is 18.1 Å². The number of amides is 2. The molecule has 0 spiro atoms. The number of nitrogens with two attached hydrogens (primary N) is 1. The molecule has 0 aromatic heterocycles. The van der Waals surface area contributed by atoms with Crippen molar-refractivity contribution in [2.45, 2.75) is 108 Å². The molecule has 5 rings (SSSR count). The summed E-state index contributed by atoms with van der Waals surface area (Å²) in [6.45, 7) is 16.4. The second-order valence-corrected chi connectivity index (χ2v) is 22.3. The second-order valence-electron chi connectivity index (χ2n) is 17.5. The number of likely N-dealkylation sites (tertiary alicyclic amines) is 1. The zero-order valence-corrected chi connectivity index (χ0v) is 36.7. The highest BCUT2D eigenvalue weighted by Gasteiger charge is 2.49. The molecular formula is C49H68N4O4Si. The van der Waals surface area contributed by atoms with Crippen molar-refractivity contribution < 1.29 is 18.8 Å². The monoisotopic (exact) mass is 805 g/mol. The number of rotatable bonds is 24. The molecule has 4 aromatic carbocycles. The first kappa shape index (κ1) is 44.8. The van der Waals surface area contributed by atoms with Crippen LogP contribution in [0.1, 0.15) is 100 Å². The second kappa shape index (κ2) is 21.6. The Hall–Kier alpha value is -4.28. The molecule has 4 N–H and O–H groups in total. The van der Waals surface area contributed by atoms with E-state index in [1.807, 2.05) is 78.9 Å².